The van der Waals surface area contributed by atoms with Crippen LogP contribution >= 0.6 is 0 Å². The summed E-state index contributed by atoms with van der Waals surface area (Å²) >= 11 is 0. The predicted octanol–water partition coefficient (Wildman–Crippen LogP) is 1.92. The van der Waals surface area contributed by atoms with Crippen molar-refractivity contribution in [3.8, 4) is 5.75 Å². The van der Waals surface area contributed by atoms with E-state index in [1.165, 1.54) is 0 Å². The third kappa shape index (κ3) is 3.13. The second kappa shape index (κ2) is 6.35. The molecule has 0 bridgehead atoms. The summed E-state index contributed by atoms with van der Waals surface area (Å²) in [4.78, 5) is 14.3. The van der Waals surface area contributed by atoms with E-state index in [4.69, 9.17) is 4.74 Å². The van der Waals surface area contributed by atoms with Gasteiger partial charge < -0.3 is 20.1 Å². The van der Waals surface area contributed by atoms with Crippen molar-refractivity contribution < 1.29 is 14.6 Å². The second-order valence-corrected chi connectivity index (χ2v) is 5.81. The number of ether oxygens (including phenoxy) is 1. The number of para-hydroxylation sites is 1. The van der Waals surface area contributed by atoms with Gasteiger partial charge >= 0.3 is 6.03 Å². The minimum atomic E-state index is -0.0325. The van der Waals surface area contributed by atoms with E-state index >= 15 is 0 Å². The van der Waals surface area contributed by atoms with Crippen molar-refractivity contribution in [2.45, 2.75) is 25.3 Å². The molecule has 21 heavy (non-hydrogen) atoms. The van der Waals surface area contributed by atoms with Crippen LogP contribution in [0.15, 0.2) is 24.3 Å². The largest absolute Gasteiger partial charge is 0.493 e. The SMILES string of the molecule is O=C(NC1CCOc2ccccc21)N1CCCC(CO)C1. The Balaban J connectivity index is 1.65. The lowest BCUT2D eigenvalue weighted by molar-refractivity contribution is 0.126. The zero-order valence-corrected chi connectivity index (χ0v) is 12.1. The van der Waals surface area contributed by atoms with Crippen molar-refractivity contribution in [2.24, 2.45) is 5.92 Å². The first-order valence-corrected chi connectivity index (χ1v) is 7.66. The van der Waals surface area contributed by atoms with Crippen LogP contribution < -0.4 is 10.1 Å². The molecule has 2 N–H and O–H groups in total. The molecule has 2 aliphatic rings. The Labute approximate surface area is 124 Å². The number of hydrogen-bond acceptors (Lipinski definition) is 3. The average molecular weight is 290 g/mol. The molecule has 114 valence electrons. The molecule has 0 aromatic heterocycles. The molecule has 5 nitrogen and oxygen atoms in total. The molecule has 0 aliphatic carbocycles. The van der Waals surface area contributed by atoms with Crippen molar-refractivity contribution in [1.82, 2.24) is 10.2 Å². The number of rotatable bonds is 2. The van der Waals surface area contributed by atoms with Crippen molar-refractivity contribution in [3.63, 3.8) is 0 Å². The Kier molecular flexibility index (Phi) is 4.29. The van der Waals surface area contributed by atoms with Crippen LogP contribution in [0.1, 0.15) is 30.9 Å². The van der Waals surface area contributed by atoms with Crippen molar-refractivity contribution in [3.05, 3.63) is 29.8 Å². The quantitative estimate of drug-likeness (QED) is 0.875. The zero-order valence-electron chi connectivity index (χ0n) is 12.1. The molecule has 2 aliphatic heterocycles. The Bertz CT molecular complexity index is 506. The summed E-state index contributed by atoms with van der Waals surface area (Å²) < 4.78 is 5.62. The molecule has 1 aromatic rings. The summed E-state index contributed by atoms with van der Waals surface area (Å²) in [7, 11) is 0. The molecule has 1 saturated heterocycles. The van der Waals surface area contributed by atoms with Crippen LogP contribution in [0, 0.1) is 5.92 Å². The Morgan fingerprint density at radius 2 is 2.24 bits per heavy atom. The molecule has 2 amide bonds. The van der Waals surface area contributed by atoms with Gasteiger partial charge in [0.1, 0.15) is 5.75 Å². The fraction of sp³-hybridized carbons (Fsp3) is 0.562. The van der Waals surface area contributed by atoms with Crippen LogP contribution in [-0.4, -0.2) is 42.3 Å². The third-order valence-corrected chi connectivity index (χ3v) is 4.32. The molecular weight excluding hydrogens is 268 g/mol. The molecule has 3 rings (SSSR count). The van der Waals surface area contributed by atoms with Gasteiger partial charge in [-0.25, -0.2) is 4.79 Å². The summed E-state index contributed by atoms with van der Waals surface area (Å²) in [6, 6.07) is 7.84. The van der Waals surface area contributed by atoms with E-state index in [-0.39, 0.29) is 24.6 Å². The molecule has 1 fully saturated rings. The second-order valence-electron chi connectivity index (χ2n) is 5.81. The number of piperidine rings is 1. The van der Waals surface area contributed by atoms with E-state index in [1.807, 2.05) is 29.2 Å². The van der Waals surface area contributed by atoms with Gasteiger partial charge in [-0.3, -0.25) is 0 Å². The minimum Gasteiger partial charge on any atom is -0.493 e. The molecule has 2 unspecified atom stereocenters. The maximum Gasteiger partial charge on any atom is 0.317 e. The standard InChI is InChI=1S/C16H22N2O3/c19-11-12-4-3-8-18(10-12)16(20)17-14-7-9-21-15-6-2-1-5-13(14)15/h1-2,5-6,12,14,19H,3-4,7-11H2,(H,17,20). The minimum absolute atomic E-state index is 0.0111. The van der Waals surface area contributed by atoms with E-state index in [2.05, 4.69) is 5.32 Å². The van der Waals surface area contributed by atoms with Gasteiger partial charge in [0, 0.05) is 31.7 Å². The zero-order chi connectivity index (χ0) is 14.7. The number of nitrogens with zero attached hydrogens (tertiary/aromatic N) is 1. The molecule has 0 radical (unpaired) electrons. The number of carbonyl (C=O) groups excluding carboxylic acids is 1. The number of carbonyl (C=O) groups is 1. The van der Waals surface area contributed by atoms with Crippen LogP contribution in [0.25, 0.3) is 0 Å². The highest BCUT2D eigenvalue weighted by Crippen LogP contribution is 2.31. The first kappa shape index (κ1) is 14.2. The van der Waals surface area contributed by atoms with Crippen LogP contribution in [-0.2, 0) is 0 Å². The fourth-order valence-corrected chi connectivity index (χ4v) is 3.13. The van der Waals surface area contributed by atoms with Gasteiger partial charge in [-0.2, -0.15) is 0 Å². The van der Waals surface area contributed by atoms with Gasteiger partial charge in [-0.1, -0.05) is 18.2 Å². The number of amides is 2. The molecule has 5 heteroatoms. The van der Waals surface area contributed by atoms with E-state index < -0.39 is 0 Å². The number of urea groups is 1. The summed E-state index contributed by atoms with van der Waals surface area (Å²) in [6.45, 7) is 2.20. The highest BCUT2D eigenvalue weighted by molar-refractivity contribution is 5.75. The fourth-order valence-electron chi connectivity index (χ4n) is 3.13. The molecule has 0 saturated carbocycles. The lowest BCUT2D eigenvalue weighted by atomic mass is 9.99. The number of aliphatic hydroxyl groups is 1. The maximum absolute atomic E-state index is 12.4. The lowest BCUT2D eigenvalue weighted by Crippen LogP contribution is -2.47. The highest BCUT2D eigenvalue weighted by Gasteiger charge is 2.27. The van der Waals surface area contributed by atoms with Crippen LogP contribution in [0.3, 0.4) is 0 Å². The number of benzene rings is 1. The van der Waals surface area contributed by atoms with Gasteiger partial charge in [0.2, 0.25) is 0 Å². The number of aliphatic hydroxyl groups excluding tert-OH is 1. The van der Waals surface area contributed by atoms with E-state index in [1.54, 1.807) is 0 Å². The van der Waals surface area contributed by atoms with Gasteiger partial charge in [0.15, 0.2) is 0 Å². The Morgan fingerprint density at radius 3 is 3.10 bits per heavy atom. The number of likely N-dealkylation sites (tertiary alicyclic amines) is 1. The first-order valence-electron chi connectivity index (χ1n) is 7.66. The maximum atomic E-state index is 12.4. The topological polar surface area (TPSA) is 61.8 Å². The molecule has 1 aromatic carbocycles. The Hall–Kier alpha value is -1.75. The van der Waals surface area contributed by atoms with Gasteiger partial charge in [0.25, 0.3) is 0 Å². The summed E-state index contributed by atoms with van der Waals surface area (Å²) in [5.41, 5.74) is 1.05. The average Bonchev–Trinajstić information content (AvgIpc) is 2.55. The number of fused-ring (bicyclic) bond motifs is 1. The summed E-state index contributed by atoms with van der Waals surface area (Å²) in [5.74, 6) is 1.08. The monoisotopic (exact) mass is 290 g/mol. The van der Waals surface area contributed by atoms with E-state index in [0.29, 0.717) is 13.2 Å². The smallest absolute Gasteiger partial charge is 0.317 e. The van der Waals surface area contributed by atoms with Crippen molar-refractivity contribution in [1.29, 1.82) is 0 Å². The van der Waals surface area contributed by atoms with Crippen molar-refractivity contribution >= 4 is 6.03 Å². The first-order chi connectivity index (χ1) is 10.3. The molecule has 0 spiro atoms. The van der Waals surface area contributed by atoms with Crippen molar-refractivity contribution in [2.75, 3.05) is 26.3 Å². The Morgan fingerprint density at radius 1 is 1.38 bits per heavy atom. The van der Waals surface area contributed by atoms with Gasteiger partial charge in [-0.05, 0) is 24.8 Å². The van der Waals surface area contributed by atoms with E-state index in [0.717, 1.165) is 37.1 Å². The van der Waals surface area contributed by atoms with E-state index in [9.17, 15) is 9.90 Å². The van der Waals surface area contributed by atoms with Gasteiger partial charge in [0.05, 0.1) is 12.6 Å². The van der Waals surface area contributed by atoms with Crippen LogP contribution in [0.2, 0.25) is 0 Å². The number of hydrogen-bond donors (Lipinski definition) is 2. The molecular formula is C16H22N2O3. The lowest BCUT2D eigenvalue weighted by Gasteiger charge is -2.34. The molecule has 2 atom stereocenters. The molecule has 2 heterocycles. The van der Waals surface area contributed by atoms with Crippen LogP contribution in [0.4, 0.5) is 4.79 Å². The predicted molar refractivity (Wildman–Crippen MR) is 79.2 cm³/mol. The summed E-state index contributed by atoms with van der Waals surface area (Å²) in [5, 5.41) is 12.4. The summed E-state index contributed by atoms with van der Waals surface area (Å²) in [6.07, 6.45) is 2.75. The van der Waals surface area contributed by atoms with Crippen LogP contribution in [0.5, 0.6) is 5.75 Å². The third-order valence-electron chi connectivity index (χ3n) is 4.32. The number of nitrogens with one attached hydrogen (secondary N) is 1. The highest BCUT2D eigenvalue weighted by atomic mass is 16.5. The normalized spacial score (nSPS) is 24.9. The van der Waals surface area contributed by atoms with Gasteiger partial charge in [-0.15, -0.1) is 0 Å².